The molecule has 0 aromatic heterocycles. The lowest BCUT2D eigenvalue weighted by atomic mass is 10.2. The molecule has 2 amide bonds. The van der Waals surface area contributed by atoms with E-state index in [1.54, 1.807) is 0 Å². The zero-order valence-electron chi connectivity index (χ0n) is 11.1. The number of rotatable bonds is 6. The first-order chi connectivity index (χ1) is 8.52. The van der Waals surface area contributed by atoms with Crippen molar-refractivity contribution >= 4 is 24.4 Å². The van der Waals surface area contributed by atoms with Crippen molar-refractivity contribution in [2.45, 2.75) is 38.8 Å². The Hall–Kier alpha value is -0.750. The second-order valence-corrected chi connectivity index (χ2v) is 5.22. The van der Waals surface area contributed by atoms with Crippen molar-refractivity contribution in [3.8, 4) is 0 Å². The fourth-order valence-corrected chi connectivity index (χ4v) is 2.44. The van der Waals surface area contributed by atoms with Crippen molar-refractivity contribution < 1.29 is 9.59 Å². The van der Waals surface area contributed by atoms with E-state index in [0.29, 0.717) is 5.75 Å². The van der Waals surface area contributed by atoms with Crippen LogP contribution in [0.2, 0.25) is 0 Å². The maximum Gasteiger partial charge on any atom is 0.243 e. The van der Waals surface area contributed by atoms with Gasteiger partial charge in [-0.15, -0.1) is 0 Å². The smallest absolute Gasteiger partial charge is 0.243 e. The highest BCUT2D eigenvalue weighted by molar-refractivity contribution is 7.80. The van der Waals surface area contributed by atoms with Crippen LogP contribution in [-0.4, -0.2) is 54.2 Å². The molecule has 0 bridgehead atoms. The first-order valence-corrected chi connectivity index (χ1v) is 7.07. The van der Waals surface area contributed by atoms with Gasteiger partial charge >= 0.3 is 0 Å². The molecule has 1 aliphatic heterocycles. The summed E-state index contributed by atoms with van der Waals surface area (Å²) in [5.41, 5.74) is 0. The van der Waals surface area contributed by atoms with Crippen LogP contribution in [0.1, 0.15) is 26.7 Å². The number of carbonyl (C=O) groups excluding carboxylic acids is 2. The van der Waals surface area contributed by atoms with Gasteiger partial charge in [0.1, 0.15) is 6.04 Å². The summed E-state index contributed by atoms with van der Waals surface area (Å²) in [4.78, 5) is 25.2. The topological polar surface area (TPSA) is 61.4 Å². The number of hydrogen-bond acceptors (Lipinski definition) is 4. The van der Waals surface area contributed by atoms with E-state index in [1.165, 1.54) is 19.8 Å². The zero-order chi connectivity index (χ0) is 13.5. The quantitative estimate of drug-likeness (QED) is 0.598. The second-order valence-electron chi connectivity index (χ2n) is 4.85. The molecule has 1 fully saturated rings. The molecule has 18 heavy (non-hydrogen) atoms. The minimum atomic E-state index is -0.549. The molecule has 2 N–H and O–H groups in total. The van der Waals surface area contributed by atoms with E-state index in [0.717, 1.165) is 19.6 Å². The lowest BCUT2D eigenvalue weighted by Crippen LogP contribution is -2.51. The average Bonchev–Trinajstić information content (AvgIpc) is 2.77. The largest absolute Gasteiger partial charge is 0.351 e. The van der Waals surface area contributed by atoms with Gasteiger partial charge in [0.2, 0.25) is 11.8 Å². The summed E-state index contributed by atoms with van der Waals surface area (Å²) in [5, 5.41) is 5.51. The van der Waals surface area contributed by atoms with Crippen molar-refractivity contribution in [3.05, 3.63) is 0 Å². The molecule has 6 heteroatoms. The van der Waals surface area contributed by atoms with Crippen LogP contribution in [0.4, 0.5) is 0 Å². The third-order valence-corrected chi connectivity index (χ3v) is 3.36. The van der Waals surface area contributed by atoms with E-state index >= 15 is 0 Å². The van der Waals surface area contributed by atoms with E-state index < -0.39 is 6.04 Å². The van der Waals surface area contributed by atoms with Gasteiger partial charge in [0.15, 0.2) is 0 Å². The summed E-state index contributed by atoms with van der Waals surface area (Å²) in [7, 11) is 0. The molecule has 5 nitrogen and oxygen atoms in total. The SMILES string of the molecule is CC(=O)NC(CS)C(=O)NC(C)CN1CCCC1. The first-order valence-electron chi connectivity index (χ1n) is 6.43. The van der Waals surface area contributed by atoms with Crippen molar-refractivity contribution in [3.63, 3.8) is 0 Å². The molecule has 0 aromatic carbocycles. The Labute approximate surface area is 114 Å². The molecule has 2 unspecified atom stereocenters. The minimum absolute atomic E-state index is 0.0896. The van der Waals surface area contributed by atoms with Crippen LogP contribution in [0.3, 0.4) is 0 Å². The number of likely N-dealkylation sites (tertiary alicyclic amines) is 1. The molecule has 0 spiro atoms. The fraction of sp³-hybridized carbons (Fsp3) is 0.833. The van der Waals surface area contributed by atoms with Crippen LogP contribution >= 0.6 is 12.6 Å². The highest BCUT2D eigenvalue weighted by Gasteiger charge is 2.21. The maximum absolute atomic E-state index is 11.9. The summed E-state index contributed by atoms with van der Waals surface area (Å²) in [6, 6.07) is -0.460. The molecule has 0 saturated carbocycles. The van der Waals surface area contributed by atoms with Gasteiger partial charge in [-0.1, -0.05) is 0 Å². The van der Waals surface area contributed by atoms with Gasteiger partial charge < -0.3 is 15.5 Å². The van der Waals surface area contributed by atoms with E-state index in [-0.39, 0.29) is 17.9 Å². The molecule has 0 aliphatic carbocycles. The van der Waals surface area contributed by atoms with Gasteiger partial charge in [-0.2, -0.15) is 12.6 Å². The maximum atomic E-state index is 11.9. The number of hydrogen-bond donors (Lipinski definition) is 3. The van der Waals surface area contributed by atoms with Gasteiger partial charge in [0.25, 0.3) is 0 Å². The van der Waals surface area contributed by atoms with Crippen molar-refractivity contribution in [2.24, 2.45) is 0 Å². The van der Waals surface area contributed by atoms with Crippen LogP contribution in [0.5, 0.6) is 0 Å². The zero-order valence-corrected chi connectivity index (χ0v) is 12.0. The molecule has 1 heterocycles. The lowest BCUT2D eigenvalue weighted by molar-refractivity contribution is -0.128. The third-order valence-electron chi connectivity index (χ3n) is 3.00. The Balaban J connectivity index is 2.34. The van der Waals surface area contributed by atoms with Gasteiger partial charge in [0.05, 0.1) is 0 Å². The number of amides is 2. The Morgan fingerprint density at radius 1 is 1.28 bits per heavy atom. The second kappa shape index (κ2) is 7.63. The summed E-state index contributed by atoms with van der Waals surface area (Å²) in [5.74, 6) is -0.0646. The minimum Gasteiger partial charge on any atom is -0.351 e. The van der Waals surface area contributed by atoms with Crippen LogP contribution in [-0.2, 0) is 9.59 Å². The molecular weight excluding hydrogens is 250 g/mol. The van der Waals surface area contributed by atoms with E-state index in [2.05, 4.69) is 28.2 Å². The Morgan fingerprint density at radius 2 is 1.89 bits per heavy atom. The summed E-state index contributed by atoms with van der Waals surface area (Å²) in [6.45, 7) is 6.48. The first kappa shape index (κ1) is 15.3. The predicted molar refractivity (Wildman–Crippen MR) is 74.7 cm³/mol. The lowest BCUT2D eigenvalue weighted by Gasteiger charge is -2.23. The Morgan fingerprint density at radius 3 is 2.39 bits per heavy atom. The number of thiol groups is 1. The average molecular weight is 273 g/mol. The van der Waals surface area contributed by atoms with E-state index in [4.69, 9.17) is 0 Å². The third kappa shape index (κ3) is 5.27. The standard InChI is InChI=1S/C12H23N3O2S/c1-9(7-15-5-3-4-6-15)13-12(17)11(8-18)14-10(2)16/h9,11,18H,3-8H2,1-2H3,(H,13,17)(H,14,16). The van der Waals surface area contributed by atoms with Crippen LogP contribution in [0.15, 0.2) is 0 Å². The molecule has 1 aliphatic rings. The highest BCUT2D eigenvalue weighted by atomic mass is 32.1. The van der Waals surface area contributed by atoms with Gasteiger partial charge in [0, 0.05) is 25.3 Å². The number of nitrogens with zero attached hydrogens (tertiary/aromatic N) is 1. The van der Waals surface area contributed by atoms with Crippen LogP contribution in [0.25, 0.3) is 0 Å². The van der Waals surface area contributed by atoms with Crippen molar-refractivity contribution in [1.82, 2.24) is 15.5 Å². The normalized spacial score (nSPS) is 19.3. The summed E-state index contributed by atoms with van der Waals surface area (Å²) >= 11 is 4.08. The number of nitrogens with one attached hydrogen (secondary N) is 2. The highest BCUT2D eigenvalue weighted by Crippen LogP contribution is 2.07. The van der Waals surface area contributed by atoms with E-state index in [9.17, 15) is 9.59 Å². The summed E-state index contributed by atoms with van der Waals surface area (Å²) in [6.07, 6.45) is 2.48. The Kier molecular flexibility index (Phi) is 6.49. The van der Waals surface area contributed by atoms with Crippen molar-refractivity contribution in [2.75, 3.05) is 25.4 Å². The van der Waals surface area contributed by atoms with Gasteiger partial charge in [-0.05, 0) is 32.9 Å². The van der Waals surface area contributed by atoms with Gasteiger partial charge in [-0.25, -0.2) is 0 Å². The predicted octanol–water partition coefficient (Wildman–Crippen LogP) is 0.0214. The molecule has 0 aromatic rings. The number of carbonyl (C=O) groups is 2. The fourth-order valence-electron chi connectivity index (χ4n) is 2.18. The molecule has 1 rings (SSSR count). The molecule has 104 valence electrons. The monoisotopic (exact) mass is 273 g/mol. The van der Waals surface area contributed by atoms with Crippen LogP contribution in [0, 0.1) is 0 Å². The van der Waals surface area contributed by atoms with Crippen LogP contribution < -0.4 is 10.6 Å². The molecule has 0 radical (unpaired) electrons. The summed E-state index contributed by atoms with van der Waals surface area (Å²) < 4.78 is 0. The van der Waals surface area contributed by atoms with Crippen molar-refractivity contribution in [1.29, 1.82) is 0 Å². The Bertz CT molecular complexity index is 293. The molecule has 2 atom stereocenters. The van der Waals surface area contributed by atoms with Gasteiger partial charge in [-0.3, -0.25) is 9.59 Å². The van der Waals surface area contributed by atoms with E-state index in [1.807, 2.05) is 6.92 Å². The molecule has 1 saturated heterocycles. The molecular formula is C12H23N3O2S.